The molecule has 0 bridgehead atoms. The van der Waals surface area contributed by atoms with Crippen molar-refractivity contribution >= 4 is 39.7 Å². The lowest BCUT2D eigenvalue weighted by Gasteiger charge is -2.12. The van der Waals surface area contributed by atoms with Crippen molar-refractivity contribution in [3.8, 4) is 5.75 Å². The molecule has 0 radical (unpaired) electrons. The van der Waals surface area contributed by atoms with Gasteiger partial charge in [-0.3, -0.25) is 9.78 Å². The van der Waals surface area contributed by atoms with Crippen LogP contribution in [0.25, 0.3) is 10.8 Å². The number of nitrogens with zero attached hydrogens (tertiary/aromatic N) is 1. The van der Waals surface area contributed by atoms with Crippen molar-refractivity contribution in [1.82, 2.24) is 4.98 Å². The molecule has 4 aromatic rings. The van der Waals surface area contributed by atoms with Crippen LogP contribution in [0.15, 0.2) is 78.3 Å². The number of thiophene rings is 1. The van der Waals surface area contributed by atoms with Gasteiger partial charge in [0.15, 0.2) is 0 Å². The fraction of sp³-hybridized carbons (Fsp3) is 0. The van der Waals surface area contributed by atoms with E-state index in [1.807, 2.05) is 29.6 Å². The zero-order valence-electron chi connectivity index (χ0n) is 14.1. The Hall–Kier alpha value is -3.51. The van der Waals surface area contributed by atoms with Crippen LogP contribution in [0.5, 0.6) is 5.75 Å². The minimum absolute atomic E-state index is 0.308. The Balaban J connectivity index is 1.71. The summed E-state index contributed by atoms with van der Waals surface area (Å²) in [6.45, 7) is 0. The van der Waals surface area contributed by atoms with Gasteiger partial charge >= 0.3 is 5.97 Å². The minimum atomic E-state index is -0.427. The monoisotopic (exact) mass is 374 g/mol. The number of anilines is 1. The fourth-order valence-electron chi connectivity index (χ4n) is 2.72. The minimum Gasteiger partial charge on any atom is -0.422 e. The molecule has 1 N–H and O–H groups in total. The molecule has 0 unspecified atom stereocenters. The molecule has 1 amide bonds. The highest BCUT2D eigenvalue weighted by Gasteiger charge is 2.15. The van der Waals surface area contributed by atoms with Gasteiger partial charge in [-0.25, -0.2) is 4.79 Å². The molecule has 5 nitrogen and oxygen atoms in total. The highest BCUT2D eigenvalue weighted by molar-refractivity contribution is 7.12. The summed E-state index contributed by atoms with van der Waals surface area (Å²) in [7, 11) is 0. The van der Waals surface area contributed by atoms with Crippen LogP contribution in [0.3, 0.4) is 0 Å². The summed E-state index contributed by atoms with van der Waals surface area (Å²) in [6, 6.07) is 19.6. The van der Waals surface area contributed by atoms with Crippen LogP contribution < -0.4 is 10.1 Å². The molecular formula is C21H14N2O3S. The second-order valence-electron chi connectivity index (χ2n) is 5.70. The van der Waals surface area contributed by atoms with Gasteiger partial charge in [-0.05, 0) is 41.1 Å². The zero-order valence-corrected chi connectivity index (χ0v) is 14.9. The van der Waals surface area contributed by atoms with Crippen molar-refractivity contribution in [1.29, 1.82) is 0 Å². The predicted molar refractivity (Wildman–Crippen MR) is 105 cm³/mol. The lowest BCUT2D eigenvalue weighted by atomic mass is 10.1. The van der Waals surface area contributed by atoms with E-state index in [2.05, 4.69) is 10.3 Å². The highest BCUT2D eigenvalue weighted by atomic mass is 32.1. The van der Waals surface area contributed by atoms with E-state index in [1.165, 1.54) is 11.3 Å². The zero-order chi connectivity index (χ0) is 18.6. The number of rotatable bonds is 4. The number of carbonyl (C=O) groups excluding carboxylic acids is 2. The van der Waals surface area contributed by atoms with Gasteiger partial charge in [-0.2, -0.15) is 0 Å². The van der Waals surface area contributed by atoms with E-state index in [4.69, 9.17) is 4.74 Å². The van der Waals surface area contributed by atoms with Crippen LogP contribution in [-0.4, -0.2) is 16.9 Å². The third-order valence-electron chi connectivity index (χ3n) is 3.94. The molecule has 27 heavy (non-hydrogen) atoms. The van der Waals surface area contributed by atoms with Crippen LogP contribution in [0.4, 0.5) is 5.69 Å². The van der Waals surface area contributed by atoms with E-state index in [1.54, 1.807) is 48.7 Å². The summed E-state index contributed by atoms with van der Waals surface area (Å²) in [5.74, 6) is -0.367. The Labute approximate surface area is 159 Å². The molecule has 0 fully saturated rings. The van der Waals surface area contributed by atoms with Crippen LogP contribution in [-0.2, 0) is 0 Å². The number of nitrogens with one attached hydrogen (secondary N) is 1. The average molecular weight is 374 g/mol. The number of hydrogen-bond acceptors (Lipinski definition) is 5. The lowest BCUT2D eigenvalue weighted by Crippen LogP contribution is -2.14. The molecule has 0 spiro atoms. The first-order valence-electron chi connectivity index (χ1n) is 8.22. The Bertz CT molecular complexity index is 1100. The quantitative estimate of drug-likeness (QED) is 0.413. The lowest BCUT2D eigenvalue weighted by molar-refractivity contribution is 0.0742. The first-order valence-corrected chi connectivity index (χ1v) is 9.10. The number of carbonyl (C=O) groups is 2. The topological polar surface area (TPSA) is 68.3 Å². The largest absolute Gasteiger partial charge is 0.422 e. The van der Waals surface area contributed by atoms with Gasteiger partial charge in [0.2, 0.25) is 0 Å². The van der Waals surface area contributed by atoms with Crippen LogP contribution in [0.1, 0.15) is 20.2 Å². The number of esters is 1. The van der Waals surface area contributed by atoms with E-state index in [9.17, 15) is 9.59 Å². The third-order valence-corrected chi connectivity index (χ3v) is 4.79. The van der Waals surface area contributed by atoms with Crippen molar-refractivity contribution in [3.63, 3.8) is 0 Å². The van der Waals surface area contributed by atoms with Crippen LogP contribution >= 0.6 is 11.3 Å². The summed E-state index contributed by atoms with van der Waals surface area (Å²) in [5.41, 5.74) is 0.861. The SMILES string of the molecule is O=C(Nc1cccc2cccc(OC(=O)c3cccs3)c12)c1ccccn1. The summed E-state index contributed by atoms with van der Waals surface area (Å²) in [6.07, 6.45) is 1.56. The number of amides is 1. The normalized spacial score (nSPS) is 10.5. The van der Waals surface area contributed by atoms with Gasteiger partial charge < -0.3 is 10.1 Å². The molecule has 6 heteroatoms. The van der Waals surface area contributed by atoms with E-state index in [0.29, 0.717) is 27.4 Å². The molecule has 0 aliphatic carbocycles. The van der Waals surface area contributed by atoms with Gasteiger partial charge in [0.1, 0.15) is 16.3 Å². The fourth-order valence-corrected chi connectivity index (χ4v) is 3.32. The number of fused-ring (bicyclic) bond motifs is 1. The number of aromatic nitrogens is 1. The number of benzene rings is 2. The van der Waals surface area contributed by atoms with Gasteiger partial charge in [0.25, 0.3) is 5.91 Å². The first-order chi connectivity index (χ1) is 13.2. The average Bonchev–Trinajstić information content (AvgIpc) is 3.24. The van der Waals surface area contributed by atoms with Crippen molar-refractivity contribution in [3.05, 3.63) is 88.9 Å². The summed E-state index contributed by atoms with van der Waals surface area (Å²) < 4.78 is 5.60. The first kappa shape index (κ1) is 16.9. The van der Waals surface area contributed by atoms with E-state index in [-0.39, 0.29) is 5.91 Å². The molecule has 4 rings (SSSR count). The van der Waals surface area contributed by atoms with Gasteiger partial charge in [0, 0.05) is 11.6 Å². The van der Waals surface area contributed by atoms with Crippen LogP contribution in [0.2, 0.25) is 0 Å². The number of ether oxygens (including phenoxy) is 1. The third kappa shape index (κ3) is 3.56. The summed E-state index contributed by atoms with van der Waals surface area (Å²) in [4.78, 5) is 29.4. The van der Waals surface area contributed by atoms with Crippen molar-refractivity contribution in [2.24, 2.45) is 0 Å². The van der Waals surface area contributed by atoms with Crippen molar-refractivity contribution < 1.29 is 14.3 Å². The molecule has 2 heterocycles. The smallest absolute Gasteiger partial charge is 0.353 e. The maximum atomic E-state index is 12.5. The van der Waals surface area contributed by atoms with Gasteiger partial charge in [-0.15, -0.1) is 11.3 Å². The summed E-state index contributed by atoms with van der Waals surface area (Å²) in [5, 5.41) is 6.19. The van der Waals surface area contributed by atoms with E-state index in [0.717, 1.165) is 5.39 Å². The Morgan fingerprint density at radius 3 is 2.52 bits per heavy atom. The summed E-state index contributed by atoms with van der Waals surface area (Å²) >= 11 is 1.32. The van der Waals surface area contributed by atoms with Gasteiger partial charge in [0.05, 0.1) is 5.69 Å². The Morgan fingerprint density at radius 2 is 1.78 bits per heavy atom. The number of pyridine rings is 1. The second-order valence-corrected chi connectivity index (χ2v) is 6.64. The molecule has 0 aliphatic rings. The Morgan fingerprint density at radius 1 is 0.926 bits per heavy atom. The highest BCUT2D eigenvalue weighted by Crippen LogP contribution is 2.33. The van der Waals surface area contributed by atoms with Crippen molar-refractivity contribution in [2.75, 3.05) is 5.32 Å². The second kappa shape index (κ2) is 7.39. The van der Waals surface area contributed by atoms with E-state index >= 15 is 0 Å². The molecule has 0 atom stereocenters. The standard InChI is InChI=1S/C21H14N2O3S/c24-20(16-8-1-2-12-22-16)23-15-9-3-6-14-7-4-10-17(19(14)15)26-21(25)18-11-5-13-27-18/h1-13H,(H,23,24). The maximum absolute atomic E-state index is 12.5. The molecule has 2 aromatic heterocycles. The molecule has 2 aromatic carbocycles. The molecule has 0 saturated heterocycles. The molecule has 132 valence electrons. The predicted octanol–water partition coefficient (Wildman–Crippen LogP) is 4.77. The number of hydrogen-bond donors (Lipinski definition) is 1. The molecule has 0 saturated carbocycles. The molecule has 0 aliphatic heterocycles. The maximum Gasteiger partial charge on any atom is 0.353 e. The Kier molecular flexibility index (Phi) is 4.63. The molecular weight excluding hydrogens is 360 g/mol. The van der Waals surface area contributed by atoms with Crippen molar-refractivity contribution in [2.45, 2.75) is 0 Å². The van der Waals surface area contributed by atoms with E-state index < -0.39 is 5.97 Å². The van der Waals surface area contributed by atoms with Gasteiger partial charge in [-0.1, -0.05) is 36.4 Å². The van der Waals surface area contributed by atoms with Crippen LogP contribution in [0, 0.1) is 0 Å².